The monoisotopic (exact) mass is 436 g/mol. The summed E-state index contributed by atoms with van der Waals surface area (Å²) in [6.07, 6.45) is 1.51. The van der Waals surface area contributed by atoms with Crippen molar-refractivity contribution in [2.24, 2.45) is 13.0 Å². The summed E-state index contributed by atoms with van der Waals surface area (Å²) in [6.45, 7) is 1.34. The van der Waals surface area contributed by atoms with Crippen molar-refractivity contribution >= 4 is 17.5 Å². The molecule has 9 heteroatoms. The number of carbonyl (C=O) groups is 2. The number of nitrogens with zero attached hydrogens (tertiary/aromatic N) is 5. The summed E-state index contributed by atoms with van der Waals surface area (Å²) in [5, 5.41) is 15.2. The third-order valence-corrected chi connectivity index (χ3v) is 5.20. The molecule has 1 N–H and O–H groups in total. The fourth-order valence-electron chi connectivity index (χ4n) is 3.49. The van der Waals surface area contributed by atoms with Crippen molar-refractivity contribution in [3.8, 4) is 17.1 Å². The summed E-state index contributed by atoms with van der Waals surface area (Å²) >= 11 is 0. The van der Waals surface area contributed by atoms with Crippen LogP contribution in [0.4, 0.5) is 5.82 Å². The van der Waals surface area contributed by atoms with Gasteiger partial charge in [0, 0.05) is 28.5 Å². The summed E-state index contributed by atoms with van der Waals surface area (Å²) in [7, 11) is 3.33. The average molecular weight is 437 g/mol. The Hall–Kier alpha value is -3.62. The summed E-state index contributed by atoms with van der Waals surface area (Å²) in [5.74, 6) is 0.716. The Morgan fingerprint density at radius 2 is 2.09 bits per heavy atom. The van der Waals surface area contributed by atoms with Gasteiger partial charge in [-0.3, -0.25) is 14.3 Å². The lowest BCUT2D eigenvalue weighted by Gasteiger charge is -2.14. The van der Waals surface area contributed by atoms with Crippen LogP contribution < -0.4 is 10.1 Å². The number of Topliss-reactive ketones (excluding diaryl/α,β-unsaturated/α-hetero) is 1. The van der Waals surface area contributed by atoms with Gasteiger partial charge in [0.05, 0.1) is 12.7 Å². The van der Waals surface area contributed by atoms with Crippen LogP contribution in [0.5, 0.6) is 5.75 Å². The van der Waals surface area contributed by atoms with Gasteiger partial charge in [-0.25, -0.2) is 4.98 Å². The minimum absolute atomic E-state index is 0.0125. The van der Waals surface area contributed by atoms with Gasteiger partial charge >= 0.3 is 0 Å². The third kappa shape index (κ3) is 4.66. The molecule has 1 fully saturated rings. The van der Waals surface area contributed by atoms with Crippen molar-refractivity contribution in [3.05, 3.63) is 47.4 Å². The molecule has 32 heavy (non-hydrogen) atoms. The van der Waals surface area contributed by atoms with Gasteiger partial charge in [0.25, 0.3) is 0 Å². The van der Waals surface area contributed by atoms with Crippen LogP contribution in [0.1, 0.15) is 56.9 Å². The molecule has 1 saturated carbocycles. The Bertz CT molecular complexity index is 1230. The Morgan fingerprint density at radius 3 is 2.75 bits per heavy atom. The number of ether oxygens (including phenoxy) is 1. The standard InChI is InChI=1S/C23H26N6O3/c1-4-6-18(30)20-16(12-19(26-27-20)25-23(31)14-9-10-14)11-15-7-5-8-17(21(15)32-3)22-24-13-29(2)28-22/h5,7-8,12-14H,4,6,9-11H2,1-3H3,(H,25,26,31)/i4D2. The zero-order chi connectivity index (χ0) is 24.5. The Kier molecular flexibility index (Phi) is 5.52. The molecule has 9 nitrogen and oxygen atoms in total. The second-order valence-electron chi connectivity index (χ2n) is 7.74. The molecular formula is C23H26N6O3. The number of amides is 1. The minimum Gasteiger partial charge on any atom is -0.496 e. The number of aryl methyl sites for hydroxylation is 1. The molecule has 2 aromatic heterocycles. The molecule has 0 unspecified atom stereocenters. The highest BCUT2D eigenvalue weighted by molar-refractivity contribution is 5.97. The van der Waals surface area contributed by atoms with Crippen LogP contribution in [0.2, 0.25) is 0 Å². The molecule has 1 aliphatic carbocycles. The zero-order valence-electron chi connectivity index (χ0n) is 20.3. The lowest BCUT2D eigenvalue weighted by molar-refractivity contribution is -0.117. The maximum atomic E-state index is 12.9. The third-order valence-electron chi connectivity index (χ3n) is 5.20. The molecule has 166 valence electrons. The molecule has 0 saturated heterocycles. The number of carbonyl (C=O) groups excluding carboxylic acids is 2. The van der Waals surface area contributed by atoms with Crippen molar-refractivity contribution in [2.75, 3.05) is 12.4 Å². The molecule has 1 aliphatic rings. The summed E-state index contributed by atoms with van der Waals surface area (Å²) in [6, 6.07) is 7.18. The predicted octanol–water partition coefficient (Wildman–Crippen LogP) is 3.20. The van der Waals surface area contributed by atoms with Crippen LogP contribution in [-0.2, 0) is 18.3 Å². The molecule has 0 atom stereocenters. The van der Waals surface area contributed by atoms with Crippen molar-refractivity contribution in [1.29, 1.82) is 0 Å². The number of hydrogen-bond donors (Lipinski definition) is 1. The molecule has 3 aromatic rings. The van der Waals surface area contributed by atoms with Gasteiger partial charge in [0.2, 0.25) is 5.91 Å². The van der Waals surface area contributed by atoms with Gasteiger partial charge in [0.15, 0.2) is 17.4 Å². The van der Waals surface area contributed by atoms with Crippen molar-refractivity contribution < 1.29 is 17.1 Å². The number of nitrogens with one attached hydrogen (secondary N) is 1. The van der Waals surface area contributed by atoms with Crippen molar-refractivity contribution in [2.45, 2.75) is 39.0 Å². The van der Waals surface area contributed by atoms with Crippen LogP contribution in [0.3, 0.4) is 0 Å². The van der Waals surface area contributed by atoms with E-state index in [1.165, 1.54) is 6.92 Å². The van der Waals surface area contributed by atoms with Crippen LogP contribution in [0.25, 0.3) is 11.4 Å². The number of anilines is 1. The van der Waals surface area contributed by atoms with E-state index in [2.05, 4.69) is 25.6 Å². The maximum absolute atomic E-state index is 12.9. The normalized spacial score (nSPS) is 14.5. The molecule has 0 radical (unpaired) electrons. The van der Waals surface area contributed by atoms with Gasteiger partial charge in [-0.1, -0.05) is 19.1 Å². The van der Waals surface area contributed by atoms with E-state index in [1.807, 2.05) is 18.2 Å². The van der Waals surface area contributed by atoms with Crippen LogP contribution in [-0.4, -0.2) is 43.8 Å². The Morgan fingerprint density at radius 1 is 1.28 bits per heavy atom. The van der Waals surface area contributed by atoms with E-state index in [0.29, 0.717) is 22.7 Å². The average Bonchev–Trinajstić information content (AvgIpc) is 3.53. The maximum Gasteiger partial charge on any atom is 0.228 e. The first-order chi connectivity index (χ1) is 16.1. The molecule has 0 aliphatic heterocycles. The molecule has 1 amide bonds. The fourth-order valence-corrected chi connectivity index (χ4v) is 3.49. The van der Waals surface area contributed by atoms with E-state index in [1.54, 1.807) is 31.2 Å². The number of methoxy groups -OCH3 is 1. The van der Waals surface area contributed by atoms with Gasteiger partial charge < -0.3 is 10.1 Å². The first-order valence-electron chi connectivity index (χ1n) is 11.4. The van der Waals surface area contributed by atoms with Crippen LogP contribution >= 0.6 is 0 Å². The molecule has 0 spiro atoms. The van der Waals surface area contributed by atoms with Gasteiger partial charge in [0.1, 0.15) is 17.8 Å². The molecule has 4 rings (SSSR count). The van der Waals surface area contributed by atoms with E-state index in [0.717, 1.165) is 18.4 Å². The number of ketones is 1. The van der Waals surface area contributed by atoms with Gasteiger partial charge in [-0.15, -0.1) is 10.2 Å². The second kappa shape index (κ2) is 9.25. The first-order valence-corrected chi connectivity index (χ1v) is 10.4. The summed E-state index contributed by atoms with van der Waals surface area (Å²) in [4.78, 5) is 29.4. The highest BCUT2D eigenvalue weighted by Crippen LogP contribution is 2.33. The minimum atomic E-state index is -1.70. The smallest absolute Gasteiger partial charge is 0.228 e. The number of aromatic nitrogens is 5. The highest BCUT2D eigenvalue weighted by atomic mass is 16.5. The Balaban J connectivity index is 1.72. The van der Waals surface area contributed by atoms with E-state index in [9.17, 15) is 9.59 Å². The largest absolute Gasteiger partial charge is 0.496 e. The van der Waals surface area contributed by atoms with E-state index in [4.69, 9.17) is 7.48 Å². The number of benzene rings is 1. The van der Waals surface area contributed by atoms with Gasteiger partial charge in [-0.05, 0) is 42.5 Å². The lowest BCUT2D eigenvalue weighted by Crippen LogP contribution is -2.17. The Labute approximate surface area is 189 Å². The number of rotatable bonds is 9. The predicted molar refractivity (Wildman–Crippen MR) is 118 cm³/mol. The van der Waals surface area contributed by atoms with Gasteiger partial charge in [-0.2, -0.15) is 5.10 Å². The van der Waals surface area contributed by atoms with E-state index in [-0.39, 0.29) is 36.2 Å². The van der Waals surface area contributed by atoms with E-state index < -0.39 is 12.2 Å². The topological polar surface area (TPSA) is 112 Å². The number of hydrogen-bond acceptors (Lipinski definition) is 7. The summed E-state index contributed by atoms with van der Waals surface area (Å²) in [5.41, 5.74) is 2.04. The number of para-hydroxylation sites is 1. The van der Waals surface area contributed by atoms with Crippen LogP contribution in [0.15, 0.2) is 30.6 Å². The fraction of sp³-hybridized carbons (Fsp3) is 0.391. The molecule has 1 aromatic carbocycles. The lowest BCUT2D eigenvalue weighted by atomic mass is 9.98. The first kappa shape index (κ1) is 19.1. The second-order valence-corrected chi connectivity index (χ2v) is 7.74. The molecule has 0 bridgehead atoms. The zero-order valence-corrected chi connectivity index (χ0v) is 18.3. The molecule has 2 heterocycles. The summed E-state index contributed by atoms with van der Waals surface area (Å²) < 4.78 is 22.9. The SMILES string of the molecule is [2H]C([2H])(C)CC(=O)c1nnc(NC(=O)C2CC2)cc1Cc1cccc(-c2ncn(C)n2)c1OC. The van der Waals surface area contributed by atoms with E-state index >= 15 is 0 Å². The highest BCUT2D eigenvalue weighted by Gasteiger charge is 2.30. The quantitative estimate of drug-likeness (QED) is 0.513. The van der Waals surface area contributed by atoms with Crippen molar-refractivity contribution in [3.63, 3.8) is 0 Å². The van der Waals surface area contributed by atoms with Crippen LogP contribution in [0, 0.1) is 5.92 Å². The van der Waals surface area contributed by atoms with Crippen molar-refractivity contribution in [1.82, 2.24) is 25.0 Å². The molecular weight excluding hydrogens is 408 g/mol.